The third kappa shape index (κ3) is 4.10. The Hall–Kier alpha value is -2.35. The van der Waals surface area contributed by atoms with Crippen LogP contribution in [0.15, 0.2) is 40.3 Å². The van der Waals surface area contributed by atoms with Crippen LogP contribution in [0.1, 0.15) is 19.4 Å². The molecule has 0 spiro atoms. The van der Waals surface area contributed by atoms with Crippen molar-refractivity contribution in [3.8, 4) is 5.88 Å². The Morgan fingerprint density at radius 2 is 2.00 bits per heavy atom. The standard InChI is InChI=1S/C15H19N3O4S/c1-10(2)22-14-6-5-12(8-16-14)23(20,21)17-13-9-18(4)15(19)7-11(13)3/h5-10,17H,1-4H3. The minimum atomic E-state index is -3.79. The number of aryl methyl sites for hydroxylation is 2. The maximum atomic E-state index is 12.4. The second kappa shape index (κ2) is 6.41. The van der Waals surface area contributed by atoms with Crippen LogP contribution in [0, 0.1) is 6.92 Å². The maximum Gasteiger partial charge on any atom is 0.263 e. The second-order valence-electron chi connectivity index (χ2n) is 5.42. The molecule has 0 atom stereocenters. The van der Waals surface area contributed by atoms with E-state index in [-0.39, 0.29) is 16.6 Å². The van der Waals surface area contributed by atoms with E-state index in [1.807, 2.05) is 13.8 Å². The summed E-state index contributed by atoms with van der Waals surface area (Å²) in [6, 6.07) is 4.29. The van der Waals surface area contributed by atoms with Gasteiger partial charge in [-0.25, -0.2) is 13.4 Å². The van der Waals surface area contributed by atoms with Crippen LogP contribution in [0.4, 0.5) is 5.69 Å². The maximum absolute atomic E-state index is 12.4. The lowest BCUT2D eigenvalue weighted by Gasteiger charge is -2.12. The average molecular weight is 337 g/mol. The van der Waals surface area contributed by atoms with Crippen molar-refractivity contribution in [3.05, 3.63) is 46.5 Å². The van der Waals surface area contributed by atoms with Gasteiger partial charge in [0, 0.05) is 25.4 Å². The average Bonchev–Trinajstić information content (AvgIpc) is 2.44. The molecular formula is C15H19N3O4S. The fraction of sp³-hybridized carbons (Fsp3) is 0.333. The third-order valence-corrected chi connectivity index (χ3v) is 4.41. The second-order valence-corrected chi connectivity index (χ2v) is 7.11. The number of nitrogens with one attached hydrogen (secondary N) is 1. The fourth-order valence-electron chi connectivity index (χ4n) is 1.87. The van der Waals surface area contributed by atoms with Gasteiger partial charge in [0.05, 0.1) is 18.0 Å². The van der Waals surface area contributed by atoms with E-state index >= 15 is 0 Å². The van der Waals surface area contributed by atoms with Crippen molar-refractivity contribution in [3.63, 3.8) is 0 Å². The van der Waals surface area contributed by atoms with Crippen molar-refractivity contribution in [2.75, 3.05) is 4.72 Å². The van der Waals surface area contributed by atoms with E-state index in [0.29, 0.717) is 17.1 Å². The molecular weight excluding hydrogens is 318 g/mol. The van der Waals surface area contributed by atoms with Crippen molar-refractivity contribution in [2.45, 2.75) is 31.8 Å². The molecule has 124 valence electrons. The number of hydrogen-bond donors (Lipinski definition) is 1. The van der Waals surface area contributed by atoms with Crippen molar-refractivity contribution in [1.29, 1.82) is 0 Å². The summed E-state index contributed by atoms with van der Waals surface area (Å²) in [5.41, 5.74) is 0.682. The highest BCUT2D eigenvalue weighted by Crippen LogP contribution is 2.19. The smallest absolute Gasteiger partial charge is 0.263 e. The molecule has 0 unspecified atom stereocenters. The van der Waals surface area contributed by atoms with E-state index in [1.165, 1.54) is 35.2 Å². The molecule has 0 saturated heterocycles. The largest absolute Gasteiger partial charge is 0.475 e. The predicted octanol–water partition coefficient (Wildman–Crippen LogP) is 1.68. The van der Waals surface area contributed by atoms with Crippen molar-refractivity contribution in [2.24, 2.45) is 7.05 Å². The van der Waals surface area contributed by atoms with E-state index in [4.69, 9.17) is 4.74 Å². The molecule has 2 aromatic rings. The zero-order valence-electron chi connectivity index (χ0n) is 13.4. The Morgan fingerprint density at radius 1 is 1.30 bits per heavy atom. The molecule has 7 nitrogen and oxygen atoms in total. The molecule has 1 N–H and O–H groups in total. The molecule has 0 aliphatic rings. The summed E-state index contributed by atoms with van der Waals surface area (Å²) >= 11 is 0. The highest BCUT2D eigenvalue weighted by atomic mass is 32.2. The Balaban J connectivity index is 2.29. The van der Waals surface area contributed by atoms with Gasteiger partial charge < -0.3 is 9.30 Å². The van der Waals surface area contributed by atoms with Crippen molar-refractivity contribution < 1.29 is 13.2 Å². The number of nitrogens with zero attached hydrogens (tertiary/aromatic N) is 2. The topological polar surface area (TPSA) is 90.3 Å². The van der Waals surface area contributed by atoms with E-state index in [2.05, 4.69) is 9.71 Å². The number of hydrogen-bond acceptors (Lipinski definition) is 5. The molecule has 2 aromatic heterocycles. The number of rotatable bonds is 5. The van der Waals surface area contributed by atoms with Gasteiger partial charge in [0.1, 0.15) is 4.90 Å². The van der Waals surface area contributed by atoms with Gasteiger partial charge in [-0.1, -0.05) is 0 Å². The summed E-state index contributed by atoms with van der Waals surface area (Å²) in [6.45, 7) is 5.38. The normalized spacial score (nSPS) is 11.5. The highest BCUT2D eigenvalue weighted by Gasteiger charge is 2.17. The number of aromatic nitrogens is 2. The summed E-state index contributed by atoms with van der Waals surface area (Å²) in [7, 11) is -2.24. The van der Waals surface area contributed by atoms with Gasteiger partial charge in [0.25, 0.3) is 15.6 Å². The summed E-state index contributed by atoms with van der Waals surface area (Å²) in [6.07, 6.45) is 2.63. The minimum absolute atomic E-state index is 0.0156. The van der Waals surface area contributed by atoms with E-state index in [9.17, 15) is 13.2 Å². The van der Waals surface area contributed by atoms with Crippen LogP contribution in [0.25, 0.3) is 0 Å². The predicted molar refractivity (Wildman–Crippen MR) is 87.2 cm³/mol. The van der Waals surface area contributed by atoms with Crippen molar-refractivity contribution >= 4 is 15.7 Å². The molecule has 0 saturated carbocycles. The van der Waals surface area contributed by atoms with Gasteiger partial charge in [-0.2, -0.15) is 0 Å². The zero-order chi connectivity index (χ0) is 17.2. The molecule has 2 rings (SSSR count). The third-order valence-electron chi connectivity index (χ3n) is 3.06. The Kier molecular flexibility index (Phi) is 4.74. The Labute approximate surface area is 135 Å². The van der Waals surface area contributed by atoms with Crippen LogP contribution >= 0.6 is 0 Å². The quantitative estimate of drug-likeness (QED) is 0.896. The fourth-order valence-corrected chi connectivity index (χ4v) is 2.93. The van der Waals surface area contributed by atoms with Crippen LogP contribution in [-0.2, 0) is 17.1 Å². The molecule has 0 bridgehead atoms. The molecule has 0 aliphatic carbocycles. The van der Waals surface area contributed by atoms with Gasteiger partial charge in [0.2, 0.25) is 5.88 Å². The van der Waals surface area contributed by atoms with Crippen molar-refractivity contribution in [1.82, 2.24) is 9.55 Å². The molecule has 0 amide bonds. The van der Waals surface area contributed by atoms with Crippen LogP contribution in [0.2, 0.25) is 0 Å². The molecule has 0 aromatic carbocycles. The summed E-state index contributed by atoms with van der Waals surface area (Å²) in [5, 5.41) is 0. The molecule has 8 heteroatoms. The first-order valence-electron chi connectivity index (χ1n) is 7.02. The highest BCUT2D eigenvalue weighted by molar-refractivity contribution is 7.92. The number of ether oxygens (including phenoxy) is 1. The first-order valence-corrected chi connectivity index (χ1v) is 8.50. The Bertz CT molecular complexity index is 855. The van der Waals surface area contributed by atoms with E-state index in [0.717, 1.165) is 0 Å². The van der Waals surface area contributed by atoms with Crippen LogP contribution in [0.5, 0.6) is 5.88 Å². The van der Waals surface area contributed by atoms with Crippen LogP contribution < -0.4 is 15.0 Å². The number of anilines is 1. The van der Waals surface area contributed by atoms with E-state index < -0.39 is 10.0 Å². The van der Waals surface area contributed by atoms with Crippen LogP contribution in [-0.4, -0.2) is 24.1 Å². The molecule has 23 heavy (non-hydrogen) atoms. The van der Waals surface area contributed by atoms with Gasteiger partial charge in [0.15, 0.2) is 0 Å². The molecule has 0 aliphatic heterocycles. The summed E-state index contributed by atoms with van der Waals surface area (Å²) in [5.74, 6) is 0.359. The van der Waals surface area contributed by atoms with Gasteiger partial charge >= 0.3 is 0 Å². The lowest BCUT2D eigenvalue weighted by molar-refractivity contribution is 0.232. The SMILES string of the molecule is Cc1cc(=O)n(C)cc1NS(=O)(=O)c1ccc(OC(C)C)nc1. The lowest BCUT2D eigenvalue weighted by atomic mass is 10.2. The van der Waals surface area contributed by atoms with E-state index in [1.54, 1.807) is 14.0 Å². The van der Waals surface area contributed by atoms with Gasteiger partial charge in [-0.3, -0.25) is 9.52 Å². The van der Waals surface area contributed by atoms with Gasteiger partial charge in [-0.05, 0) is 32.4 Å². The zero-order valence-corrected chi connectivity index (χ0v) is 14.2. The summed E-state index contributed by atoms with van der Waals surface area (Å²) in [4.78, 5) is 15.5. The molecule has 0 radical (unpaired) electrons. The molecule has 2 heterocycles. The number of sulfonamides is 1. The van der Waals surface area contributed by atoms with Crippen LogP contribution in [0.3, 0.4) is 0 Å². The van der Waals surface area contributed by atoms with Gasteiger partial charge in [-0.15, -0.1) is 0 Å². The first kappa shape index (κ1) is 17.0. The minimum Gasteiger partial charge on any atom is -0.475 e. The molecule has 0 fully saturated rings. The first-order chi connectivity index (χ1) is 10.7. The Morgan fingerprint density at radius 3 is 2.57 bits per heavy atom. The number of pyridine rings is 2. The summed E-state index contributed by atoms with van der Waals surface area (Å²) < 4.78 is 34.0. The lowest BCUT2D eigenvalue weighted by Crippen LogP contribution is -2.20. The monoisotopic (exact) mass is 337 g/mol.